The SMILES string of the molecule is O[C@H]1CCN(c2ccnc(C(F)(F)F)c2)C1. The van der Waals surface area contributed by atoms with Gasteiger partial charge in [-0.25, -0.2) is 0 Å². The predicted octanol–water partition coefficient (Wildman–Crippen LogP) is 1.67. The maximum Gasteiger partial charge on any atom is 0.433 e. The maximum absolute atomic E-state index is 12.4. The number of halogens is 3. The Balaban J connectivity index is 2.23. The van der Waals surface area contributed by atoms with Crippen LogP contribution in [-0.2, 0) is 6.18 Å². The summed E-state index contributed by atoms with van der Waals surface area (Å²) < 4.78 is 37.2. The Hall–Kier alpha value is -1.30. The summed E-state index contributed by atoms with van der Waals surface area (Å²) in [6.07, 6.45) is -3.15. The van der Waals surface area contributed by atoms with Crippen molar-refractivity contribution in [2.45, 2.75) is 18.7 Å². The first-order valence-corrected chi connectivity index (χ1v) is 4.93. The summed E-state index contributed by atoms with van der Waals surface area (Å²) in [6.45, 7) is 0.948. The van der Waals surface area contributed by atoms with Crippen LogP contribution in [-0.4, -0.2) is 29.3 Å². The lowest BCUT2D eigenvalue weighted by Crippen LogP contribution is -2.22. The molecule has 16 heavy (non-hydrogen) atoms. The number of hydrogen-bond acceptors (Lipinski definition) is 3. The van der Waals surface area contributed by atoms with Gasteiger partial charge in [0.1, 0.15) is 5.69 Å². The molecule has 0 aliphatic carbocycles. The second kappa shape index (κ2) is 3.93. The van der Waals surface area contributed by atoms with E-state index in [1.807, 2.05) is 0 Å². The fourth-order valence-electron chi connectivity index (χ4n) is 1.75. The van der Waals surface area contributed by atoms with Crippen LogP contribution in [0.3, 0.4) is 0 Å². The molecule has 3 nitrogen and oxygen atoms in total. The van der Waals surface area contributed by atoms with Crippen molar-refractivity contribution in [3.63, 3.8) is 0 Å². The molecule has 0 aromatic carbocycles. The topological polar surface area (TPSA) is 36.4 Å². The molecule has 0 unspecified atom stereocenters. The predicted molar refractivity (Wildman–Crippen MR) is 52.1 cm³/mol. The number of anilines is 1. The molecule has 0 amide bonds. The summed E-state index contributed by atoms with van der Waals surface area (Å²) in [7, 11) is 0. The van der Waals surface area contributed by atoms with Gasteiger partial charge in [-0.1, -0.05) is 0 Å². The lowest BCUT2D eigenvalue weighted by molar-refractivity contribution is -0.141. The molecule has 0 radical (unpaired) electrons. The first kappa shape index (κ1) is 11.2. The van der Waals surface area contributed by atoms with E-state index in [-0.39, 0.29) is 0 Å². The minimum absolute atomic E-state index is 0.376. The Labute approximate surface area is 90.5 Å². The summed E-state index contributed by atoms with van der Waals surface area (Å²) in [4.78, 5) is 5.01. The Bertz CT molecular complexity index is 381. The quantitative estimate of drug-likeness (QED) is 0.800. The molecule has 1 saturated heterocycles. The molecule has 1 aliphatic heterocycles. The van der Waals surface area contributed by atoms with E-state index in [0.29, 0.717) is 25.2 Å². The summed E-state index contributed by atoms with van der Waals surface area (Å²) in [5.74, 6) is 0. The van der Waals surface area contributed by atoms with Crippen LogP contribution in [0.5, 0.6) is 0 Å². The third kappa shape index (κ3) is 2.27. The number of alkyl halides is 3. The standard InChI is InChI=1S/C10H11F3N2O/c11-10(12,13)9-5-7(1-3-14-9)15-4-2-8(16)6-15/h1,3,5,8,16H,2,4,6H2/t8-/m0/s1. The van der Waals surface area contributed by atoms with Crippen LogP contribution >= 0.6 is 0 Å². The fourth-order valence-corrected chi connectivity index (χ4v) is 1.75. The van der Waals surface area contributed by atoms with E-state index in [4.69, 9.17) is 0 Å². The van der Waals surface area contributed by atoms with E-state index in [0.717, 1.165) is 12.3 Å². The van der Waals surface area contributed by atoms with Gasteiger partial charge in [-0.3, -0.25) is 4.98 Å². The molecule has 1 aromatic heterocycles. The summed E-state index contributed by atoms with van der Waals surface area (Å²) >= 11 is 0. The summed E-state index contributed by atoms with van der Waals surface area (Å²) in [6, 6.07) is 2.53. The molecule has 1 fully saturated rings. The van der Waals surface area contributed by atoms with Gasteiger partial charge in [0.2, 0.25) is 0 Å². The molecule has 2 heterocycles. The Morgan fingerprint density at radius 3 is 2.75 bits per heavy atom. The van der Waals surface area contributed by atoms with Crippen molar-refractivity contribution >= 4 is 5.69 Å². The van der Waals surface area contributed by atoms with Crippen LogP contribution in [0.4, 0.5) is 18.9 Å². The molecular weight excluding hydrogens is 221 g/mol. The third-order valence-electron chi connectivity index (χ3n) is 2.56. The number of rotatable bonds is 1. The Morgan fingerprint density at radius 1 is 1.44 bits per heavy atom. The van der Waals surface area contributed by atoms with Crippen molar-refractivity contribution in [2.75, 3.05) is 18.0 Å². The number of aliphatic hydroxyl groups is 1. The molecule has 88 valence electrons. The van der Waals surface area contributed by atoms with Crippen LogP contribution < -0.4 is 4.90 Å². The molecule has 1 N–H and O–H groups in total. The number of aliphatic hydroxyl groups excluding tert-OH is 1. The van der Waals surface area contributed by atoms with E-state index < -0.39 is 18.0 Å². The second-order valence-corrected chi connectivity index (χ2v) is 3.79. The minimum Gasteiger partial charge on any atom is -0.391 e. The zero-order chi connectivity index (χ0) is 11.8. The van der Waals surface area contributed by atoms with Gasteiger partial charge in [0.05, 0.1) is 6.10 Å². The molecule has 2 rings (SSSR count). The Kier molecular flexibility index (Phi) is 2.75. The number of β-amino-alcohol motifs (C(OH)–C–C–N with tert-alkyl or cyclic N) is 1. The van der Waals surface area contributed by atoms with Crippen LogP contribution in [0.25, 0.3) is 0 Å². The molecule has 6 heteroatoms. The zero-order valence-electron chi connectivity index (χ0n) is 8.41. The first-order chi connectivity index (χ1) is 7.47. The molecule has 0 spiro atoms. The summed E-state index contributed by atoms with van der Waals surface area (Å²) in [5, 5.41) is 9.31. The van der Waals surface area contributed by atoms with Crippen molar-refractivity contribution in [3.8, 4) is 0 Å². The highest BCUT2D eigenvalue weighted by Crippen LogP contribution is 2.30. The van der Waals surface area contributed by atoms with E-state index in [1.54, 1.807) is 4.90 Å². The van der Waals surface area contributed by atoms with Gasteiger partial charge in [0, 0.05) is 25.0 Å². The van der Waals surface area contributed by atoms with Crippen molar-refractivity contribution in [1.82, 2.24) is 4.98 Å². The highest BCUT2D eigenvalue weighted by molar-refractivity contribution is 5.48. The number of nitrogens with zero attached hydrogens (tertiary/aromatic N) is 2. The first-order valence-electron chi connectivity index (χ1n) is 4.93. The van der Waals surface area contributed by atoms with Gasteiger partial charge in [-0.05, 0) is 18.6 Å². The molecule has 0 bridgehead atoms. The normalized spacial score (nSPS) is 21.5. The average molecular weight is 232 g/mol. The molecular formula is C10H11F3N2O. The van der Waals surface area contributed by atoms with Crippen LogP contribution in [0.15, 0.2) is 18.3 Å². The molecule has 1 atom stereocenters. The highest BCUT2D eigenvalue weighted by atomic mass is 19.4. The number of hydrogen-bond donors (Lipinski definition) is 1. The fraction of sp³-hybridized carbons (Fsp3) is 0.500. The van der Waals surface area contributed by atoms with E-state index in [9.17, 15) is 18.3 Å². The van der Waals surface area contributed by atoms with Gasteiger partial charge in [0.25, 0.3) is 0 Å². The lowest BCUT2D eigenvalue weighted by atomic mass is 10.3. The number of pyridine rings is 1. The van der Waals surface area contributed by atoms with Crippen molar-refractivity contribution in [2.24, 2.45) is 0 Å². The number of aromatic nitrogens is 1. The van der Waals surface area contributed by atoms with Crippen molar-refractivity contribution in [1.29, 1.82) is 0 Å². The highest BCUT2D eigenvalue weighted by Gasteiger charge is 2.33. The maximum atomic E-state index is 12.4. The zero-order valence-corrected chi connectivity index (χ0v) is 8.41. The van der Waals surface area contributed by atoms with Gasteiger partial charge >= 0.3 is 6.18 Å². The van der Waals surface area contributed by atoms with Gasteiger partial charge in [-0.2, -0.15) is 13.2 Å². The monoisotopic (exact) mass is 232 g/mol. The average Bonchev–Trinajstić information content (AvgIpc) is 2.64. The van der Waals surface area contributed by atoms with Crippen molar-refractivity contribution < 1.29 is 18.3 Å². The molecule has 0 saturated carbocycles. The van der Waals surface area contributed by atoms with Crippen molar-refractivity contribution in [3.05, 3.63) is 24.0 Å². The minimum atomic E-state index is -4.42. The second-order valence-electron chi connectivity index (χ2n) is 3.79. The third-order valence-corrected chi connectivity index (χ3v) is 2.56. The largest absolute Gasteiger partial charge is 0.433 e. The summed E-state index contributed by atoms with van der Waals surface area (Å²) in [5.41, 5.74) is -0.440. The van der Waals surface area contributed by atoms with E-state index in [1.165, 1.54) is 6.07 Å². The molecule has 1 aliphatic rings. The Morgan fingerprint density at radius 2 is 2.19 bits per heavy atom. The van der Waals surface area contributed by atoms with Gasteiger partial charge in [-0.15, -0.1) is 0 Å². The van der Waals surface area contributed by atoms with Gasteiger partial charge in [0.15, 0.2) is 0 Å². The van der Waals surface area contributed by atoms with Crippen LogP contribution in [0, 0.1) is 0 Å². The van der Waals surface area contributed by atoms with E-state index in [2.05, 4.69) is 4.98 Å². The van der Waals surface area contributed by atoms with Crippen LogP contribution in [0.2, 0.25) is 0 Å². The van der Waals surface area contributed by atoms with E-state index >= 15 is 0 Å². The van der Waals surface area contributed by atoms with Gasteiger partial charge < -0.3 is 10.0 Å². The smallest absolute Gasteiger partial charge is 0.391 e. The van der Waals surface area contributed by atoms with Crippen LogP contribution in [0.1, 0.15) is 12.1 Å². The molecule has 1 aromatic rings. The lowest BCUT2D eigenvalue weighted by Gasteiger charge is -2.18.